The summed E-state index contributed by atoms with van der Waals surface area (Å²) in [7, 11) is -0.514. The highest BCUT2D eigenvalue weighted by Gasteiger charge is 2.32. The minimum absolute atomic E-state index is 0.149. The number of anilines is 1. The average Bonchev–Trinajstić information content (AvgIpc) is 3.08. The predicted octanol–water partition coefficient (Wildman–Crippen LogP) is 3.34. The summed E-state index contributed by atoms with van der Waals surface area (Å²) in [6.45, 7) is 2.38. The summed E-state index contributed by atoms with van der Waals surface area (Å²) >= 11 is 5.99. The number of carbonyl (C=O) groups excluding carboxylic acids is 1. The second-order valence-electron chi connectivity index (χ2n) is 6.79. The summed E-state index contributed by atoms with van der Waals surface area (Å²) in [6, 6.07) is 11.8. The summed E-state index contributed by atoms with van der Waals surface area (Å²) in [5, 5.41) is 0.543. The number of amides is 1. The van der Waals surface area contributed by atoms with Crippen LogP contribution in [0.1, 0.15) is 18.9 Å². The van der Waals surface area contributed by atoms with E-state index in [2.05, 4.69) is 0 Å². The van der Waals surface area contributed by atoms with E-state index in [1.54, 1.807) is 47.4 Å². The molecule has 0 unspecified atom stereocenters. The van der Waals surface area contributed by atoms with E-state index in [9.17, 15) is 13.2 Å². The Balaban J connectivity index is 1.83. The Morgan fingerprint density at radius 1 is 1.25 bits per heavy atom. The molecule has 0 spiro atoms. The zero-order valence-electron chi connectivity index (χ0n) is 16.1. The van der Waals surface area contributed by atoms with E-state index in [1.807, 2.05) is 6.92 Å². The van der Waals surface area contributed by atoms with Crippen LogP contribution in [0.3, 0.4) is 0 Å². The first-order valence-electron chi connectivity index (χ1n) is 9.03. The van der Waals surface area contributed by atoms with Crippen molar-refractivity contribution in [2.24, 2.45) is 0 Å². The lowest BCUT2D eigenvalue weighted by Crippen LogP contribution is -2.41. The number of hydrogen-bond acceptors (Lipinski definition) is 4. The molecule has 8 heteroatoms. The Bertz CT molecular complexity index is 991. The SMILES string of the molecule is CC[C@H](Oc1cccc(Cl)c1)C(=O)N1CCc2cc(S(=O)(=O)N(C)C)ccc21. The fraction of sp³-hybridized carbons (Fsp3) is 0.350. The fourth-order valence-corrected chi connectivity index (χ4v) is 4.30. The van der Waals surface area contributed by atoms with Crippen LogP contribution in [0, 0.1) is 0 Å². The van der Waals surface area contributed by atoms with Crippen LogP contribution in [0.5, 0.6) is 5.75 Å². The Morgan fingerprint density at radius 2 is 2.00 bits per heavy atom. The van der Waals surface area contributed by atoms with Crippen LogP contribution < -0.4 is 9.64 Å². The lowest BCUT2D eigenvalue weighted by Gasteiger charge is -2.24. The lowest BCUT2D eigenvalue weighted by atomic mass is 10.1. The van der Waals surface area contributed by atoms with Crippen LogP contribution in [-0.2, 0) is 21.2 Å². The second-order valence-corrected chi connectivity index (χ2v) is 9.38. The van der Waals surface area contributed by atoms with Crippen LogP contribution in [0.2, 0.25) is 5.02 Å². The molecular weight excluding hydrogens is 400 g/mol. The van der Waals surface area contributed by atoms with Gasteiger partial charge in [0.15, 0.2) is 6.10 Å². The second kappa shape index (κ2) is 8.11. The first-order chi connectivity index (χ1) is 13.2. The van der Waals surface area contributed by atoms with E-state index in [-0.39, 0.29) is 10.8 Å². The van der Waals surface area contributed by atoms with Gasteiger partial charge in [-0.3, -0.25) is 4.79 Å². The third kappa shape index (κ3) is 4.01. The van der Waals surface area contributed by atoms with Crippen molar-refractivity contribution in [3.05, 3.63) is 53.1 Å². The van der Waals surface area contributed by atoms with Gasteiger partial charge in [-0.05, 0) is 54.8 Å². The minimum Gasteiger partial charge on any atom is -0.481 e. The van der Waals surface area contributed by atoms with Gasteiger partial charge in [0.25, 0.3) is 5.91 Å². The third-order valence-electron chi connectivity index (χ3n) is 4.71. The van der Waals surface area contributed by atoms with E-state index in [4.69, 9.17) is 16.3 Å². The van der Waals surface area contributed by atoms with E-state index in [0.29, 0.717) is 30.2 Å². The molecule has 0 N–H and O–H groups in total. The molecule has 0 saturated carbocycles. The average molecular weight is 423 g/mol. The number of rotatable bonds is 6. The van der Waals surface area contributed by atoms with Gasteiger partial charge >= 0.3 is 0 Å². The van der Waals surface area contributed by atoms with Crippen LogP contribution >= 0.6 is 11.6 Å². The number of ether oxygens (including phenoxy) is 1. The van der Waals surface area contributed by atoms with Crippen molar-refractivity contribution in [1.82, 2.24) is 4.31 Å². The number of carbonyl (C=O) groups is 1. The molecule has 1 aliphatic heterocycles. The molecule has 0 aromatic heterocycles. The first-order valence-corrected chi connectivity index (χ1v) is 10.8. The highest BCUT2D eigenvalue weighted by Crippen LogP contribution is 2.32. The summed E-state index contributed by atoms with van der Waals surface area (Å²) in [5.74, 6) is 0.393. The van der Waals surface area contributed by atoms with Crippen molar-refractivity contribution >= 4 is 33.2 Å². The van der Waals surface area contributed by atoms with Crippen LogP contribution in [0.4, 0.5) is 5.69 Å². The van der Waals surface area contributed by atoms with Gasteiger partial charge in [0.2, 0.25) is 10.0 Å². The molecular formula is C20H23ClN2O4S. The van der Waals surface area contributed by atoms with Crippen LogP contribution in [-0.4, -0.2) is 45.4 Å². The third-order valence-corrected chi connectivity index (χ3v) is 6.76. The van der Waals surface area contributed by atoms with Gasteiger partial charge in [-0.1, -0.05) is 24.6 Å². The number of sulfonamides is 1. The Labute approximate surface area is 170 Å². The van der Waals surface area contributed by atoms with E-state index < -0.39 is 16.1 Å². The summed E-state index contributed by atoms with van der Waals surface area (Å²) in [6.07, 6.45) is 0.463. The van der Waals surface area contributed by atoms with Crippen molar-refractivity contribution in [1.29, 1.82) is 0 Å². The number of nitrogens with zero attached hydrogens (tertiary/aromatic N) is 2. The van der Waals surface area contributed by atoms with Gasteiger partial charge in [0, 0.05) is 31.4 Å². The Hall–Kier alpha value is -2.09. The van der Waals surface area contributed by atoms with Gasteiger partial charge in [-0.15, -0.1) is 0 Å². The molecule has 150 valence electrons. The Morgan fingerprint density at radius 3 is 2.64 bits per heavy atom. The van der Waals surface area contributed by atoms with Crippen molar-refractivity contribution in [2.45, 2.75) is 30.8 Å². The zero-order valence-corrected chi connectivity index (χ0v) is 17.6. The fourth-order valence-electron chi connectivity index (χ4n) is 3.17. The molecule has 2 aromatic rings. The standard InChI is InChI=1S/C20H23ClN2O4S/c1-4-19(27-16-7-5-6-15(21)13-16)20(24)23-11-10-14-12-17(8-9-18(14)23)28(25,26)22(2)3/h5-9,12-13,19H,4,10-11H2,1-3H3/t19-/m0/s1. The van der Waals surface area contributed by atoms with Crippen LogP contribution in [0.25, 0.3) is 0 Å². The maximum atomic E-state index is 13.1. The van der Waals surface area contributed by atoms with Gasteiger partial charge in [-0.25, -0.2) is 12.7 Å². The summed E-state index contributed by atoms with van der Waals surface area (Å²) in [4.78, 5) is 15.0. The van der Waals surface area contributed by atoms with Crippen molar-refractivity contribution in [3.63, 3.8) is 0 Å². The van der Waals surface area contributed by atoms with Gasteiger partial charge in [0.05, 0.1) is 4.90 Å². The van der Waals surface area contributed by atoms with Gasteiger partial charge < -0.3 is 9.64 Å². The highest BCUT2D eigenvalue weighted by molar-refractivity contribution is 7.89. The molecule has 1 heterocycles. The molecule has 0 radical (unpaired) electrons. The molecule has 0 aliphatic carbocycles. The van der Waals surface area contributed by atoms with Gasteiger partial charge in [0.1, 0.15) is 5.75 Å². The van der Waals surface area contributed by atoms with E-state index >= 15 is 0 Å². The van der Waals surface area contributed by atoms with Crippen molar-refractivity contribution in [2.75, 3.05) is 25.5 Å². The Kier molecular flexibility index (Phi) is 5.98. The zero-order chi connectivity index (χ0) is 20.5. The molecule has 6 nitrogen and oxygen atoms in total. The molecule has 0 saturated heterocycles. The lowest BCUT2D eigenvalue weighted by molar-refractivity contribution is -0.125. The number of hydrogen-bond donors (Lipinski definition) is 0. The molecule has 1 atom stereocenters. The normalized spacial score (nSPS) is 14.8. The van der Waals surface area contributed by atoms with Crippen molar-refractivity contribution < 1.29 is 17.9 Å². The molecule has 2 aromatic carbocycles. The molecule has 1 aliphatic rings. The quantitative estimate of drug-likeness (QED) is 0.716. The highest BCUT2D eigenvalue weighted by atomic mass is 35.5. The maximum absolute atomic E-state index is 13.1. The number of benzene rings is 2. The predicted molar refractivity (Wildman–Crippen MR) is 110 cm³/mol. The number of fused-ring (bicyclic) bond motifs is 1. The minimum atomic E-state index is -3.51. The maximum Gasteiger partial charge on any atom is 0.268 e. The molecule has 3 rings (SSSR count). The van der Waals surface area contributed by atoms with Gasteiger partial charge in [-0.2, -0.15) is 0 Å². The molecule has 1 amide bonds. The number of halogens is 1. The summed E-state index contributed by atoms with van der Waals surface area (Å²) in [5.41, 5.74) is 1.57. The van der Waals surface area contributed by atoms with Crippen molar-refractivity contribution in [3.8, 4) is 5.75 Å². The smallest absolute Gasteiger partial charge is 0.268 e. The molecule has 0 fully saturated rings. The van der Waals surface area contributed by atoms with E-state index in [0.717, 1.165) is 11.3 Å². The van der Waals surface area contributed by atoms with Crippen LogP contribution in [0.15, 0.2) is 47.4 Å². The summed E-state index contributed by atoms with van der Waals surface area (Å²) < 4.78 is 31.7. The topological polar surface area (TPSA) is 66.9 Å². The first kappa shape index (κ1) is 20.6. The van der Waals surface area contributed by atoms with E-state index in [1.165, 1.54) is 18.4 Å². The largest absolute Gasteiger partial charge is 0.481 e. The molecule has 0 bridgehead atoms. The monoisotopic (exact) mass is 422 g/mol. The molecule has 28 heavy (non-hydrogen) atoms.